The standard InChI is InChI=1S/C12H24N4O3.2ClH/c1-12(2,11(14)18)16-6-4-15(5-7-16)10(17)9(13)8-19-3;;/h9H,4-8,13H2,1-3H3,(H2,14,18);2*1H. The Morgan fingerprint density at radius 1 is 1.19 bits per heavy atom. The van der Waals surface area contributed by atoms with Gasteiger partial charge in [0.1, 0.15) is 6.04 Å². The van der Waals surface area contributed by atoms with Gasteiger partial charge in [0.25, 0.3) is 0 Å². The van der Waals surface area contributed by atoms with Crippen molar-refractivity contribution in [1.29, 1.82) is 0 Å². The fourth-order valence-electron chi connectivity index (χ4n) is 2.13. The van der Waals surface area contributed by atoms with Gasteiger partial charge in [-0.25, -0.2) is 0 Å². The highest BCUT2D eigenvalue weighted by atomic mass is 35.5. The Kier molecular flexibility index (Phi) is 10.2. The van der Waals surface area contributed by atoms with Crippen LogP contribution in [0.1, 0.15) is 13.8 Å². The largest absolute Gasteiger partial charge is 0.383 e. The minimum atomic E-state index is -0.691. The van der Waals surface area contributed by atoms with Gasteiger partial charge in [-0.3, -0.25) is 14.5 Å². The van der Waals surface area contributed by atoms with Crippen LogP contribution in [0.5, 0.6) is 0 Å². The van der Waals surface area contributed by atoms with Crippen molar-refractivity contribution in [3.63, 3.8) is 0 Å². The molecule has 1 unspecified atom stereocenters. The minimum absolute atomic E-state index is 0. The molecule has 1 saturated heterocycles. The van der Waals surface area contributed by atoms with Crippen molar-refractivity contribution in [1.82, 2.24) is 9.80 Å². The number of nitrogens with two attached hydrogens (primary N) is 2. The van der Waals surface area contributed by atoms with E-state index in [0.717, 1.165) is 0 Å². The number of amides is 2. The third-order valence-corrected chi connectivity index (χ3v) is 3.65. The number of hydrogen-bond donors (Lipinski definition) is 2. The van der Waals surface area contributed by atoms with Crippen LogP contribution in [0.15, 0.2) is 0 Å². The second-order valence-corrected chi connectivity index (χ2v) is 5.30. The average Bonchev–Trinajstić information content (AvgIpc) is 2.38. The Labute approximate surface area is 138 Å². The summed E-state index contributed by atoms with van der Waals surface area (Å²) in [7, 11) is 1.51. The molecule has 2 amide bonds. The SMILES string of the molecule is COCC(N)C(=O)N1CCN(C(C)(C)C(N)=O)CC1.Cl.Cl. The maximum absolute atomic E-state index is 12.0. The van der Waals surface area contributed by atoms with Gasteiger partial charge in [-0.15, -0.1) is 24.8 Å². The van der Waals surface area contributed by atoms with E-state index in [0.29, 0.717) is 26.2 Å². The fraction of sp³-hybridized carbons (Fsp3) is 0.833. The van der Waals surface area contributed by atoms with E-state index in [1.807, 2.05) is 4.90 Å². The van der Waals surface area contributed by atoms with Gasteiger partial charge in [0, 0.05) is 33.3 Å². The summed E-state index contributed by atoms with van der Waals surface area (Å²) < 4.78 is 4.88. The Morgan fingerprint density at radius 2 is 1.67 bits per heavy atom. The van der Waals surface area contributed by atoms with E-state index in [1.165, 1.54) is 7.11 Å². The van der Waals surface area contributed by atoms with Gasteiger partial charge < -0.3 is 21.1 Å². The van der Waals surface area contributed by atoms with Crippen LogP contribution in [0, 0.1) is 0 Å². The first kappa shape index (κ1) is 22.7. The third-order valence-electron chi connectivity index (χ3n) is 3.65. The molecule has 0 aromatic carbocycles. The number of ether oxygens (including phenoxy) is 1. The highest BCUT2D eigenvalue weighted by molar-refractivity contribution is 5.85. The van der Waals surface area contributed by atoms with Crippen LogP contribution in [0.2, 0.25) is 0 Å². The summed E-state index contributed by atoms with van der Waals surface area (Å²) in [5.41, 5.74) is 10.4. The third kappa shape index (κ3) is 5.60. The van der Waals surface area contributed by atoms with Crippen molar-refractivity contribution in [2.24, 2.45) is 11.5 Å². The Morgan fingerprint density at radius 3 is 2.05 bits per heavy atom. The fourth-order valence-corrected chi connectivity index (χ4v) is 2.13. The summed E-state index contributed by atoms with van der Waals surface area (Å²) in [6.45, 7) is 6.13. The van der Waals surface area contributed by atoms with Crippen molar-refractivity contribution in [2.45, 2.75) is 25.4 Å². The predicted octanol–water partition coefficient (Wildman–Crippen LogP) is -0.788. The normalized spacial score (nSPS) is 17.4. The molecular weight excluding hydrogens is 319 g/mol. The molecule has 0 radical (unpaired) electrons. The van der Waals surface area contributed by atoms with Gasteiger partial charge in [0.05, 0.1) is 12.1 Å². The highest BCUT2D eigenvalue weighted by Crippen LogP contribution is 2.16. The molecular formula is C12H26Cl2N4O3. The van der Waals surface area contributed by atoms with Crippen LogP contribution in [0.3, 0.4) is 0 Å². The molecule has 0 bridgehead atoms. The lowest BCUT2D eigenvalue weighted by molar-refractivity contribution is -0.138. The van der Waals surface area contributed by atoms with E-state index in [1.54, 1.807) is 18.7 Å². The number of piperazine rings is 1. The molecule has 7 nitrogen and oxygen atoms in total. The van der Waals surface area contributed by atoms with Crippen molar-refractivity contribution >= 4 is 36.6 Å². The zero-order valence-corrected chi connectivity index (χ0v) is 14.3. The molecule has 1 heterocycles. The van der Waals surface area contributed by atoms with Crippen molar-refractivity contribution in [2.75, 3.05) is 39.9 Å². The molecule has 0 aliphatic carbocycles. The van der Waals surface area contributed by atoms with Crippen LogP contribution in [-0.2, 0) is 14.3 Å². The molecule has 1 aliphatic heterocycles. The average molecular weight is 345 g/mol. The van der Waals surface area contributed by atoms with Crippen molar-refractivity contribution in [3.05, 3.63) is 0 Å². The molecule has 0 spiro atoms. The number of carbonyl (C=O) groups excluding carboxylic acids is 2. The van der Waals surface area contributed by atoms with Gasteiger partial charge in [-0.1, -0.05) is 0 Å². The van der Waals surface area contributed by atoms with E-state index in [4.69, 9.17) is 16.2 Å². The molecule has 21 heavy (non-hydrogen) atoms. The molecule has 1 fully saturated rings. The zero-order valence-electron chi connectivity index (χ0n) is 12.7. The minimum Gasteiger partial charge on any atom is -0.383 e. The molecule has 126 valence electrons. The molecule has 4 N–H and O–H groups in total. The highest BCUT2D eigenvalue weighted by Gasteiger charge is 2.36. The van der Waals surface area contributed by atoms with E-state index in [-0.39, 0.29) is 43.2 Å². The molecule has 1 atom stereocenters. The van der Waals surface area contributed by atoms with E-state index >= 15 is 0 Å². The van der Waals surface area contributed by atoms with Crippen molar-refractivity contribution in [3.8, 4) is 0 Å². The maximum Gasteiger partial charge on any atom is 0.241 e. The number of methoxy groups -OCH3 is 1. The topological polar surface area (TPSA) is 102 Å². The monoisotopic (exact) mass is 344 g/mol. The smallest absolute Gasteiger partial charge is 0.241 e. The van der Waals surface area contributed by atoms with Crippen LogP contribution < -0.4 is 11.5 Å². The van der Waals surface area contributed by atoms with Gasteiger partial charge >= 0.3 is 0 Å². The first-order valence-corrected chi connectivity index (χ1v) is 6.39. The molecule has 9 heteroatoms. The lowest BCUT2D eigenvalue weighted by atomic mass is 10.0. The quantitative estimate of drug-likeness (QED) is 0.680. The summed E-state index contributed by atoms with van der Waals surface area (Å²) in [5, 5.41) is 0. The number of primary amides is 1. The first-order chi connectivity index (χ1) is 8.80. The van der Waals surface area contributed by atoms with Gasteiger partial charge in [0.2, 0.25) is 11.8 Å². The van der Waals surface area contributed by atoms with Gasteiger partial charge in [-0.2, -0.15) is 0 Å². The number of rotatable bonds is 5. The van der Waals surface area contributed by atoms with Crippen LogP contribution in [0.25, 0.3) is 0 Å². The molecule has 1 aliphatic rings. The lowest BCUT2D eigenvalue weighted by Gasteiger charge is -2.42. The first-order valence-electron chi connectivity index (χ1n) is 6.39. The molecule has 0 aromatic heterocycles. The Hall–Kier alpha value is -0.600. The Balaban J connectivity index is 0. The second-order valence-electron chi connectivity index (χ2n) is 5.30. The zero-order chi connectivity index (χ0) is 14.6. The van der Waals surface area contributed by atoms with E-state index in [9.17, 15) is 9.59 Å². The summed E-state index contributed by atoms with van der Waals surface area (Å²) in [4.78, 5) is 27.1. The molecule has 0 aromatic rings. The van der Waals surface area contributed by atoms with E-state index < -0.39 is 11.6 Å². The van der Waals surface area contributed by atoms with Crippen LogP contribution in [0.4, 0.5) is 0 Å². The van der Waals surface area contributed by atoms with Crippen LogP contribution >= 0.6 is 24.8 Å². The van der Waals surface area contributed by atoms with Gasteiger partial charge in [0.15, 0.2) is 0 Å². The summed E-state index contributed by atoms with van der Waals surface area (Å²) in [5.74, 6) is -0.471. The summed E-state index contributed by atoms with van der Waals surface area (Å²) in [6, 6.07) is -0.624. The lowest BCUT2D eigenvalue weighted by Crippen LogP contribution is -2.61. The Bertz CT molecular complexity index is 347. The number of hydrogen-bond acceptors (Lipinski definition) is 5. The second kappa shape index (κ2) is 9.42. The van der Waals surface area contributed by atoms with E-state index in [2.05, 4.69) is 0 Å². The van der Waals surface area contributed by atoms with Crippen molar-refractivity contribution < 1.29 is 14.3 Å². The van der Waals surface area contributed by atoms with Gasteiger partial charge in [-0.05, 0) is 13.8 Å². The number of carbonyl (C=O) groups is 2. The number of nitrogens with zero attached hydrogens (tertiary/aromatic N) is 2. The maximum atomic E-state index is 12.0. The summed E-state index contributed by atoms with van der Waals surface area (Å²) in [6.07, 6.45) is 0. The molecule has 1 rings (SSSR count). The predicted molar refractivity (Wildman–Crippen MR) is 85.8 cm³/mol. The van der Waals surface area contributed by atoms with Crippen LogP contribution in [-0.4, -0.2) is 73.1 Å². The number of halogens is 2. The molecule has 0 saturated carbocycles. The summed E-state index contributed by atoms with van der Waals surface area (Å²) >= 11 is 0.